The zero-order chi connectivity index (χ0) is 30.2. The van der Waals surface area contributed by atoms with E-state index in [4.69, 9.17) is 0 Å². The number of carbonyl (C=O) groups excluding carboxylic acids is 2. The lowest BCUT2D eigenvalue weighted by Gasteiger charge is -2.37. The molecular weight excluding hydrogens is 562 g/mol. The van der Waals surface area contributed by atoms with Gasteiger partial charge < -0.3 is 10.4 Å². The van der Waals surface area contributed by atoms with E-state index >= 15 is 0 Å². The Kier molecular flexibility index (Phi) is 11.8. The normalized spacial score (nSPS) is 13.6. The smallest absolute Gasteiger partial charge is 0.252 e. The molecule has 0 radical (unpaired) electrons. The minimum atomic E-state index is -4.01. The zero-order valence-electron chi connectivity index (χ0n) is 24.3. The molecule has 3 aromatic rings. The number of aliphatic hydroxyl groups excluding tert-OH is 1. The number of amides is 2. The molecule has 1 heterocycles. The number of sulfonamides is 1. The summed E-state index contributed by atoms with van der Waals surface area (Å²) in [5.41, 5.74) is 5.88. The maximum Gasteiger partial charge on any atom is 0.252 e. The van der Waals surface area contributed by atoms with Gasteiger partial charge in [0.15, 0.2) is 0 Å². The molecule has 3 rings (SSSR count). The number of benzene rings is 2. The molecule has 41 heavy (non-hydrogen) atoms. The molecule has 1 aromatic heterocycles. The molecule has 0 saturated carbocycles. The number of nitrogens with zero attached hydrogens (tertiary/aromatic N) is 3. The molecule has 10 nitrogen and oxygen atoms in total. The van der Waals surface area contributed by atoms with Crippen molar-refractivity contribution in [3.8, 4) is 0 Å². The average molecular weight is 604 g/mol. The number of thiazole rings is 1. The predicted octanol–water partition coefficient (Wildman–Crippen LogP) is 3.04. The second-order valence-corrected chi connectivity index (χ2v) is 13.8. The number of aromatic nitrogens is 1. The Balaban J connectivity index is 2.01. The number of rotatable bonds is 14. The topological polar surface area (TPSA) is 132 Å². The SMILES string of the molecule is CNCC(=O)NN(C(=O)CC(C)C)C(Cc1ccccc1)[C@H](O)CN(CC(C)C)S(=O)(=O)c1ccc2ncsc2c1. The van der Waals surface area contributed by atoms with Crippen molar-refractivity contribution in [1.82, 2.24) is 25.0 Å². The Hall–Kier alpha value is -2.90. The molecule has 0 bridgehead atoms. The summed E-state index contributed by atoms with van der Waals surface area (Å²) in [5, 5.41) is 15.7. The van der Waals surface area contributed by atoms with Crippen LogP contribution in [0.5, 0.6) is 0 Å². The standard InChI is InChI=1S/C29H41N5O5S2/c1-20(2)13-29(37)34(32-28(36)16-30-5)25(14-22-9-7-6-8-10-22)26(35)18-33(17-21(3)4)41(38,39)23-11-12-24-27(15-23)40-19-31-24/h6-12,15,19-21,25-26,30,35H,13-14,16-18H2,1-5H3,(H,32,36)/t25?,26-/m1/s1. The van der Waals surface area contributed by atoms with E-state index in [-0.39, 0.29) is 55.1 Å². The van der Waals surface area contributed by atoms with Crippen LogP contribution in [-0.4, -0.2) is 78.5 Å². The van der Waals surface area contributed by atoms with Crippen LogP contribution in [0, 0.1) is 11.8 Å². The number of carbonyl (C=O) groups is 2. The fourth-order valence-corrected chi connectivity index (χ4v) is 6.96. The van der Waals surface area contributed by atoms with Crippen LogP contribution in [0.1, 0.15) is 39.7 Å². The van der Waals surface area contributed by atoms with Crippen LogP contribution >= 0.6 is 11.3 Å². The Labute approximate surface area is 246 Å². The van der Waals surface area contributed by atoms with Crippen LogP contribution in [0.2, 0.25) is 0 Å². The van der Waals surface area contributed by atoms with E-state index < -0.39 is 28.1 Å². The fraction of sp³-hybridized carbons (Fsp3) is 0.483. The Morgan fingerprint density at radius 2 is 1.73 bits per heavy atom. The predicted molar refractivity (Wildman–Crippen MR) is 162 cm³/mol. The van der Waals surface area contributed by atoms with Crippen molar-refractivity contribution < 1.29 is 23.1 Å². The van der Waals surface area contributed by atoms with Gasteiger partial charge in [0.2, 0.25) is 15.9 Å². The van der Waals surface area contributed by atoms with Gasteiger partial charge in [0, 0.05) is 19.5 Å². The molecule has 1 unspecified atom stereocenters. The van der Waals surface area contributed by atoms with Crippen LogP contribution in [0.3, 0.4) is 0 Å². The average Bonchev–Trinajstić information content (AvgIpc) is 3.38. The van der Waals surface area contributed by atoms with Crippen molar-refractivity contribution in [2.45, 2.75) is 57.6 Å². The van der Waals surface area contributed by atoms with E-state index in [0.717, 1.165) is 10.3 Å². The van der Waals surface area contributed by atoms with E-state index in [9.17, 15) is 23.1 Å². The van der Waals surface area contributed by atoms with E-state index in [1.807, 2.05) is 58.0 Å². The first-order chi connectivity index (χ1) is 19.4. The first-order valence-corrected chi connectivity index (χ1v) is 16.1. The van der Waals surface area contributed by atoms with E-state index in [0.29, 0.717) is 5.52 Å². The lowest BCUT2D eigenvalue weighted by Crippen LogP contribution is -2.60. The molecule has 2 aromatic carbocycles. The molecule has 0 aliphatic heterocycles. The maximum atomic E-state index is 13.9. The van der Waals surface area contributed by atoms with Crippen LogP contribution < -0.4 is 10.7 Å². The molecule has 0 aliphatic carbocycles. The van der Waals surface area contributed by atoms with Gasteiger partial charge in [-0.05, 0) is 49.1 Å². The van der Waals surface area contributed by atoms with E-state index in [2.05, 4.69) is 15.7 Å². The molecule has 224 valence electrons. The van der Waals surface area contributed by atoms with Crippen molar-refractivity contribution in [2.24, 2.45) is 11.8 Å². The van der Waals surface area contributed by atoms with Gasteiger partial charge >= 0.3 is 0 Å². The first kappa shape index (κ1) is 32.6. The summed E-state index contributed by atoms with van der Waals surface area (Å²) in [6.45, 7) is 7.44. The van der Waals surface area contributed by atoms with Gasteiger partial charge in [0.25, 0.3) is 5.91 Å². The van der Waals surface area contributed by atoms with Gasteiger partial charge in [-0.1, -0.05) is 58.0 Å². The highest BCUT2D eigenvalue weighted by molar-refractivity contribution is 7.89. The van der Waals surface area contributed by atoms with Gasteiger partial charge in [-0.15, -0.1) is 11.3 Å². The van der Waals surface area contributed by atoms with Gasteiger partial charge in [-0.2, -0.15) is 4.31 Å². The highest BCUT2D eigenvalue weighted by Crippen LogP contribution is 2.26. The Morgan fingerprint density at radius 1 is 1.02 bits per heavy atom. The van der Waals surface area contributed by atoms with Crippen molar-refractivity contribution in [3.05, 3.63) is 59.6 Å². The minimum absolute atomic E-state index is 0.000181. The molecular formula is C29H41N5O5S2. The monoisotopic (exact) mass is 603 g/mol. The summed E-state index contributed by atoms with van der Waals surface area (Å²) in [5.74, 6) is -0.844. The molecule has 2 atom stereocenters. The van der Waals surface area contributed by atoms with Gasteiger partial charge in [-0.25, -0.2) is 18.4 Å². The molecule has 0 spiro atoms. The maximum absolute atomic E-state index is 13.9. The number of likely N-dealkylation sites (N-methyl/N-ethyl adjacent to an activating group) is 1. The van der Waals surface area contributed by atoms with Crippen molar-refractivity contribution in [3.63, 3.8) is 0 Å². The zero-order valence-corrected chi connectivity index (χ0v) is 25.9. The third-order valence-corrected chi connectivity index (χ3v) is 9.02. The quantitative estimate of drug-likeness (QED) is 0.241. The van der Waals surface area contributed by atoms with Crippen LogP contribution in [0.15, 0.2) is 58.9 Å². The third kappa shape index (κ3) is 9.04. The third-order valence-electron chi connectivity index (χ3n) is 6.40. The number of hydrogen-bond acceptors (Lipinski definition) is 8. The minimum Gasteiger partial charge on any atom is -0.390 e. The largest absolute Gasteiger partial charge is 0.390 e. The highest BCUT2D eigenvalue weighted by atomic mass is 32.2. The highest BCUT2D eigenvalue weighted by Gasteiger charge is 2.36. The van der Waals surface area contributed by atoms with Crippen molar-refractivity contribution >= 4 is 43.4 Å². The van der Waals surface area contributed by atoms with Crippen molar-refractivity contribution in [2.75, 3.05) is 26.7 Å². The molecule has 12 heteroatoms. The van der Waals surface area contributed by atoms with Crippen molar-refractivity contribution in [1.29, 1.82) is 0 Å². The van der Waals surface area contributed by atoms with Gasteiger partial charge in [0.1, 0.15) is 0 Å². The van der Waals surface area contributed by atoms with Gasteiger partial charge in [-0.3, -0.25) is 15.0 Å². The number of hydrazine groups is 1. The fourth-order valence-electron chi connectivity index (χ4n) is 4.52. The second kappa shape index (κ2) is 14.8. The molecule has 3 N–H and O–H groups in total. The summed E-state index contributed by atoms with van der Waals surface area (Å²) in [6, 6.07) is 13.2. The summed E-state index contributed by atoms with van der Waals surface area (Å²) in [6.07, 6.45) is -0.976. The van der Waals surface area contributed by atoms with Crippen LogP contribution in [-0.2, 0) is 26.0 Å². The number of nitrogens with one attached hydrogen (secondary N) is 2. The molecule has 0 saturated heterocycles. The summed E-state index contributed by atoms with van der Waals surface area (Å²) < 4.78 is 29.8. The van der Waals surface area contributed by atoms with E-state index in [1.54, 1.807) is 24.7 Å². The lowest BCUT2D eigenvalue weighted by atomic mass is 9.99. The number of hydrogen-bond donors (Lipinski definition) is 3. The Bertz CT molecular complexity index is 1390. The summed E-state index contributed by atoms with van der Waals surface area (Å²) in [4.78, 5) is 30.5. The molecule has 2 amide bonds. The number of aliphatic hydroxyl groups is 1. The van der Waals surface area contributed by atoms with Crippen LogP contribution in [0.25, 0.3) is 10.2 Å². The lowest BCUT2D eigenvalue weighted by molar-refractivity contribution is -0.148. The van der Waals surface area contributed by atoms with Crippen LogP contribution in [0.4, 0.5) is 0 Å². The Morgan fingerprint density at radius 3 is 2.37 bits per heavy atom. The van der Waals surface area contributed by atoms with E-state index in [1.165, 1.54) is 26.7 Å². The first-order valence-electron chi connectivity index (χ1n) is 13.7. The summed E-state index contributed by atoms with van der Waals surface area (Å²) in [7, 11) is -2.39. The molecule has 0 aliphatic rings. The second-order valence-electron chi connectivity index (χ2n) is 10.9. The molecule has 0 fully saturated rings. The van der Waals surface area contributed by atoms with Gasteiger partial charge in [0.05, 0.1) is 39.3 Å². The number of fused-ring (bicyclic) bond motifs is 1. The summed E-state index contributed by atoms with van der Waals surface area (Å²) >= 11 is 1.35.